The highest BCUT2D eigenvalue weighted by molar-refractivity contribution is 5.28. The van der Waals surface area contributed by atoms with Gasteiger partial charge in [-0.15, -0.1) is 0 Å². The van der Waals surface area contributed by atoms with E-state index < -0.39 is 0 Å². The molecule has 1 aromatic rings. The second kappa shape index (κ2) is 4.61. The molecule has 14 heavy (non-hydrogen) atoms. The maximum atomic E-state index is 5.22. The molecular weight excluding hydrogens is 172 g/mol. The second-order valence-corrected chi connectivity index (χ2v) is 4.37. The maximum absolute atomic E-state index is 5.22. The van der Waals surface area contributed by atoms with E-state index in [1.165, 1.54) is 11.1 Å². The molecule has 0 amide bonds. The minimum absolute atomic E-state index is 0.112. The van der Waals surface area contributed by atoms with Crippen LogP contribution in [0.5, 0.6) is 0 Å². The predicted molar refractivity (Wildman–Crippen MR) is 60.7 cm³/mol. The van der Waals surface area contributed by atoms with Gasteiger partial charge in [-0.1, -0.05) is 45.0 Å². The lowest BCUT2D eigenvalue weighted by molar-refractivity contribution is 0.146. The number of ether oxygens (including phenoxy) is 1. The van der Waals surface area contributed by atoms with Crippen LogP contribution in [-0.2, 0) is 16.6 Å². The molecule has 0 aliphatic carbocycles. The van der Waals surface area contributed by atoms with Crippen LogP contribution in [0.25, 0.3) is 0 Å². The van der Waals surface area contributed by atoms with Crippen molar-refractivity contribution in [3.63, 3.8) is 0 Å². The molecule has 1 nitrogen and oxygen atoms in total. The van der Waals surface area contributed by atoms with Crippen LogP contribution in [0.4, 0.5) is 0 Å². The summed E-state index contributed by atoms with van der Waals surface area (Å²) in [7, 11) is 1.75. The van der Waals surface area contributed by atoms with Gasteiger partial charge in [-0.05, 0) is 17.5 Å². The van der Waals surface area contributed by atoms with Gasteiger partial charge in [0.05, 0.1) is 6.61 Å². The smallest absolute Gasteiger partial charge is 0.0553 e. The first kappa shape index (κ1) is 11.3. The summed E-state index contributed by atoms with van der Waals surface area (Å²) in [6.07, 6.45) is 1.10. The molecule has 0 atom stereocenters. The van der Waals surface area contributed by atoms with Gasteiger partial charge < -0.3 is 4.74 Å². The number of hydrogen-bond acceptors (Lipinski definition) is 1. The van der Waals surface area contributed by atoms with Crippen LogP contribution in [0.15, 0.2) is 24.3 Å². The van der Waals surface area contributed by atoms with Gasteiger partial charge in [0.1, 0.15) is 0 Å². The van der Waals surface area contributed by atoms with Crippen molar-refractivity contribution in [3.8, 4) is 0 Å². The molecule has 0 aliphatic rings. The van der Waals surface area contributed by atoms with Gasteiger partial charge in [0.2, 0.25) is 0 Å². The molecule has 1 heteroatoms. The van der Waals surface area contributed by atoms with E-state index >= 15 is 0 Å². The fourth-order valence-electron chi connectivity index (χ4n) is 1.64. The minimum atomic E-state index is 0.112. The summed E-state index contributed by atoms with van der Waals surface area (Å²) in [4.78, 5) is 0. The van der Waals surface area contributed by atoms with Crippen LogP contribution in [0, 0.1) is 0 Å². The normalized spacial score (nSPS) is 11.7. The molecule has 1 rings (SSSR count). The largest absolute Gasteiger partial charge is 0.384 e. The van der Waals surface area contributed by atoms with Crippen LogP contribution in [0.3, 0.4) is 0 Å². The summed E-state index contributed by atoms with van der Waals surface area (Å²) in [6, 6.07) is 8.81. The molecule has 0 saturated heterocycles. The Labute approximate surface area is 87.1 Å². The van der Waals surface area contributed by atoms with E-state index in [0.29, 0.717) is 0 Å². The zero-order valence-corrected chi connectivity index (χ0v) is 9.63. The standard InChI is InChI=1S/C13H20O/c1-5-11-6-8-12(9-7-11)13(2,3)10-14-4/h6-9H,5,10H2,1-4H3. The first-order chi connectivity index (χ1) is 6.60. The van der Waals surface area contributed by atoms with E-state index in [1.54, 1.807) is 7.11 Å². The van der Waals surface area contributed by atoms with Gasteiger partial charge in [-0.2, -0.15) is 0 Å². The second-order valence-electron chi connectivity index (χ2n) is 4.37. The van der Waals surface area contributed by atoms with Crippen LogP contribution in [0.2, 0.25) is 0 Å². The summed E-state index contributed by atoms with van der Waals surface area (Å²) < 4.78 is 5.22. The lowest BCUT2D eigenvalue weighted by Crippen LogP contribution is -2.23. The lowest BCUT2D eigenvalue weighted by atomic mass is 9.85. The van der Waals surface area contributed by atoms with E-state index in [-0.39, 0.29) is 5.41 Å². The summed E-state index contributed by atoms with van der Waals surface area (Å²) in [5, 5.41) is 0. The summed E-state index contributed by atoms with van der Waals surface area (Å²) in [5.74, 6) is 0. The topological polar surface area (TPSA) is 9.23 Å². The third-order valence-corrected chi connectivity index (χ3v) is 2.65. The van der Waals surface area contributed by atoms with E-state index in [0.717, 1.165) is 13.0 Å². The first-order valence-corrected chi connectivity index (χ1v) is 5.18. The Morgan fingerprint density at radius 3 is 2.14 bits per heavy atom. The number of methoxy groups -OCH3 is 1. The molecule has 0 bridgehead atoms. The van der Waals surface area contributed by atoms with Crippen LogP contribution >= 0.6 is 0 Å². The van der Waals surface area contributed by atoms with Gasteiger partial charge in [0.15, 0.2) is 0 Å². The van der Waals surface area contributed by atoms with Crippen LogP contribution in [-0.4, -0.2) is 13.7 Å². The summed E-state index contributed by atoms with van der Waals surface area (Å²) >= 11 is 0. The van der Waals surface area contributed by atoms with Gasteiger partial charge >= 0.3 is 0 Å². The minimum Gasteiger partial charge on any atom is -0.384 e. The van der Waals surface area contributed by atoms with Crippen LogP contribution in [0.1, 0.15) is 31.9 Å². The van der Waals surface area contributed by atoms with Crippen LogP contribution < -0.4 is 0 Å². The molecule has 0 N–H and O–H groups in total. The number of hydrogen-bond donors (Lipinski definition) is 0. The highest BCUT2D eigenvalue weighted by Gasteiger charge is 2.19. The Morgan fingerprint density at radius 2 is 1.71 bits per heavy atom. The molecule has 0 spiro atoms. The fraction of sp³-hybridized carbons (Fsp3) is 0.538. The Morgan fingerprint density at radius 1 is 1.14 bits per heavy atom. The molecule has 0 fully saturated rings. The molecule has 0 saturated carbocycles. The fourth-order valence-corrected chi connectivity index (χ4v) is 1.64. The van der Waals surface area contributed by atoms with Crippen molar-refractivity contribution < 1.29 is 4.74 Å². The highest BCUT2D eigenvalue weighted by atomic mass is 16.5. The Kier molecular flexibility index (Phi) is 3.70. The van der Waals surface area contributed by atoms with E-state index in [9.17, 15) is 0 Å². The van der Waals surface area contributed by atoms with Crippen molar-refractivity contribution in [2.45, 2.75) is 32.6 Å². The zero-order valence-electron chi connectivity index (χ0n) is 9.63. The molecule has 0 aliphatic heterocycles. The van der Waals surface area contributed by atoms with E-state index in [1.807, 2.05) is 0 Å². The quantitative estimate of drug-likeness (QED) is 0.712. The lowest BCUT2D eigenvalue weighted by Gasteiger charge is -2.24. The zero-order chi connectivity index (χ0) is 10.6. The van der Waals surface area contributed by atoms with Crippen molar-refractivity contribution >= 4 is 0 Å². The third kappa shape index (κ3) is 2.58. The van der Waals surface area contributed by atoms with Gasteiger partial charge in [0, 0.05) is 12.5 Å². The average Bonchev–Trinajstić information content (AvgIpc) is 2.18. The molecular formula is C13H20O. The SMILES string of the molecule is CCc1ccc(C(C)(C)COC)cc1. The molecule has 0 radical (unpaired) electrons. The van der Waals surface area contributed by atoms with Crippen molar-refractivity contribution in [2.24, 2.45) is 0 Å². The van der Waals surface area contributed by atoms with Gasteiger partial charge in [-0.25, -0.2) is 0 Å². The molecule has 1 aromatic carbocycles. The Hall–Kier alpha value is -0.820. The Bertz CT molecular complexity index is 272. The van der Waals surface area contributed by atoms with E-state index in [2.05, 4.69) is 45.0 Å². The van der Waals surface area contributed by atoms with Crippen molar-refractivity contribution in [1.82, 2.24) is 0 Å². The molecule has 0 aromatic heterocycles. The Balaban J connectivity index is 2.85. The van der Waals surface area contributed by atoms with Gasteiger partial charge in [-0.3, -0.25) is 0 Å². The predicted octanol–water partition coefficient (Wildman–Crippen LogP) is 3.17. The van der Waals surface area contributed by atoms with E-state index in [4.69, 9.17) is 4.74 Å². The molecule has 0 heterocycles. The van der Waals surface area contributed by atoms with Crippen molar-refractivity contribution in [1.29, 1.82) is 0 Å². The van der Waals surface area contributed by atoms with Crippen molar-refractivity contribution in [2.75, 3.05) is 13.7 Å². The number of rotatable bonds is 4. The monoisotopic (exact) mass is 192 g/mol. The average molecular weight is 192 g/mol. The van der Waals surface area contributed by atoms with Crippen molar-refractivity contribution in [3.05, 3.63) is 35.4 Å². The maximum Gasteiger partial charge on any atom is 0.0553 e. The molecule has 0 unspecified atom stereocenters. The summed E-state index contributed by atoms with van der Waals surface area (Å²) in [5.41, 5.74) is 2.85. The number of benzene rings is 1. The van der Waals surface area contributed by atoms with Gasteiger partial charge in [0.25, 0.3) is 0 Å². The third-order valence-electron chi connectivity index (χ3n) is 2.65. The first-order valence-electron chi connectivity index (χ1n) is 5.18. The highest BCUT2D eigenvalue weighted by Crippen LogP contribution is 2.23. The number of aryl methyl sites for hydroxylation is 1. The summed E-state index contributed by atoms with van der Waals surface area (Å²) in [6.45, 7) is 7.35. The molecule has 78 valence electrons.